The van der Waals surface area contributed by atoms with Gasteiger partial charge in [0.1, 0.15) is 17.1 Å². The maximum Gasteiger partial charge on any atom is 0.293 e. The highest BCUT2D eigenvalue weighted by atomic mass is 19.1. The van der Waals surface area contributed by atoms with E-state index in [1.165, 1.54) is 0 Å². The lowest BCUT2D eigenvalue weighted by atomic mass is 10.00. The third kappa shape index (κ3) is 3.10. The summed E-state index contributed by atoms with van der Waals surface area (Å²) < 4.78 is 19.0. The highest BCUT2D eigenvalue weighted by Crippen LogP contribution is 2.27. The molecule has 1 saturated heterocycles. The minimum absolute atomic E-state index is 0.136. The van der Waals surface area contributed by atoms with Crippen LogP contribution in [0.2, 0.25) is 0 Å². The second-order valence-corrected chi connectivity index (χ2v) is 5.00. The van der Waals surface area contributed by atoms with Crippen LogP contribution in [-0.4, -0.2) is 30.1 Å². The first-order chi connectivity index (χ1) is 9.91. The fourth-order valence-electron chi connectivity index (χ4n) is 2.32. The van der Waals surface area contributed by atoms with Crippen LogP contribution in [0.25, 0.3) is 0 Å². The summed E-state index contributed by atoms with van der Waals surface area (Å²) in [6.45, 7) is 2.93. The van der Waals surface area contributed by atoms with Gasteiger partial charge < -0.3 is 15.8 Å². The summed E-state index contributed by atoms with van der Waals surface area (Å²) in [5.41, 5.74) is 4.10. The van der Waals surface area contributed by atoms with Crippen molar-refractivity contribution in [1.82, 2.24) is 5.32 Å². The van der Waals surface area contributed by atoms with Crippen molar-refractivity contribution in [2.24, 2.45) is 5.92 Å². The van der Waals surface area contributed by atoms with Crippen LogP contribution in [0.5, 0.6) is 0 Å². The van der Waals surface area contributed by atoms with Gasteiger partial charge in [0, 0.05) is 24.6 Å². The standard InChI is InChI=1S/C13H16FN3O4/c1-7(8-4-5-21-6-8)16-13(18)11-9(14)2-3-10(12(11)15)17(19)20/h2-3,7-8H,4-6,15H2,1H3,(H,16,18). The van der Waals surface area contributed by atoms with Gasteiger partial charge in [-0.2, -0.15) is 0 Å². The second kappa shape index (κ2) is 6.04. The fourth-order valence-corrected chi connectivity index (χ4v) is 2.32. The molecule has 0 radical (unpaired) electrons. The van der Waals surface area contributed by atoms with Crippen LogP contribution in [0.1, 0.15) is 23.7 Å². The van der Waals surface area contributed by atoms with Crippen LogP contribution in [-0.2, 0) is 4.74 Å². The Balaban J connectivity index is 2.22. The SMILES string of the molecule is CC(NC(=O)c1c(F)ccc([N+](=O)[O-])c1N)C1CCOC1. The molecule has 8 heteroatoms. The zero-order valence-electron chi connectivity index (χ0n) is 11.5. The molecule has 2 rings (SSSR count). The Hall–Kier alpha value is -2.22. The molecule has 7 nitrogen and oxygen atoms in total. The molecular formula is C13H16FN3O4. The molecule has 1 aliphatic heterocycles. The van der Waals surface area contributed by atoms with Gasteiger partial charge in [0.25, 0.3) is 11.6 Å². The molecule has 3 N–H and O–H groups in total. The van der Waals surface area contributed by atoms with Gasteiger partial charge in [0.05, 0.1) is 11.5 Å². The van der Waals surface area contributed by atoms with E-state index in [9.17, 15) is 19.3 Å². The third-order valence-electron chi connectivity index (χ3n) is 3.63. The van der Waals surface area contributed by atoms with Gasteiger partial charge in [-0.15, -0.1) is 0 Å². The molecule has 0 saturated carbocycles. The summed E-state index contributed by atoms with van der Waals surface area (Å²) >= 11 is 0. The van der Waals surface area contributed by atoms with Crippen molar-refractivity contribution in [1.29, 1.82) is 0 Å². The molecular weight excluding hydrogens is 281 g/mol. The number of nitrogens with two attached hydrogens (primary N) is 1. The number of nitrogen functional groups attached to an aromatic ring is 1. The number of halogens is 1. The topological polar surface area (TPSA) is 107 Å². The first kappa shape index (κ1) is 15.2. The Morgan fingerprint density at radius 3 is 2.90 bits per heavy atom. The van der Waals surface area contributed by atoms with Gasteiger partial charge in [0.2, 0.25) is 0 Å². The number of nitro groups is 1. The van der Waals surface area contributed by atoms with E-state index < -0.39 is 33.6 Å². The second-order valence-electron chi connectivity index (χ2n) is 5.00. The number of carbonyl (C=O) groups excluding carboxylic acids is 1. The maximum atomic E-state index is 13.8. The van der Waals surface area contributed by atoms with E-state index in [2.05, 4.69) is 5.32 Å². The molecule has 0 bridgehead atoms. The number of nitrogens with zero attached hydrogens (tertiary/aromatic N) is 1. The monoisotopic (exact) mass is 297 g/mol. The summed E-state index contributed by atoms with van der Waals surface area (Å²) in [7, 11) is 0. The van der Waals surface area contributed by atoms with E-state index in [4.69, 9.17) is 10.5 Å². The number of nitrogens with one attached hydrogen (secondary N) is 1. The summed E-state index contributed by atoms with van der Waals surface area (Å²) in [6, 6.07) is 1.57. The summed E-state index contributed by atoms with van der Waals surface area (Å²) in [5.74, 6) is -1.50. The van der Waals surface area contributed by atoms with E-state index in [1.54, 1.807) is 6.92 Å². The van der Waals surface area contributed by atoms with Crippen molar-refractivity contribution in [3.63, 3.8) is 0 Å². The number of hydrogen-bond donors (Lipinski definition) is 2. The van der Waals surface area contributed by atoms with Crippen LogP contribution in [0.3, 0.4) is 0 Å². The average Bonchev–Trinajstić information content (AvgIpc) is 2.91. The number of nitro benzene ring substituents is 1. The molecule has 1 amide bonds. The number of benzene rings is 1. The van der Waals surface area contributed by atoms with Crippen molar-refractivity contribution >= 4 is 17.3 Å². The van der Waals surface area contributed by atoms with Gasteiger partial charge in [-0.05, 0) is 19.4 Å². The summed E-state index contributed by atoms with van der Waals surface area (Å²) in [4.78, 5) is 22.2. The van der Waals surface area contributed by atoms with Crippen molar-refractivity contribution in [3.8, 4) is 0 Å². The van der Waals surface area contributed by atoms with Gasteiger partial charge in [-0.25, -0.2) is 4.39 Å². The molecule has 2 unspecified atom stereocenters. The Morgan fingerprint density at radius 2 is 2.33 bits per heavy atom. The van der Waals surface area contributed by atoms with E-state index in [-0.39, 0.29) is 12.0 Å². The first-order valence-electron chi connectivity index (χ1n) is 6.52. The highest BCUT2D eigenvalue weighted by Gasteiger charge is 2.28. The molecule has 1 aromatic rings. The molecule has 1 aliphatic rings. The van der Waals surface area contributed by atoms with Gasteiger partial charge in [-0.1, -0.05) is 0 Å². The fraction of sp³-hybridized carbons (Fsp3) is 0.462. The molecule has 114 valence electrons. The van der Waals surface area contributed by atoms with Crippen molar-refractivity contribution in [3.05, 3.63) is 33.6 Å². The maximum absolute atomic E-state index is 13.8. The molecule has 0 aromatic heterocycles. The lowest BCUT2D eigenvalue weighted by molar-refractivity contribution is -0.384. The van der Waals surface area contributed by atoms with Crippen molar-refractivity contribution in [2.75, 3.05) is 18.9 Å². The normalized spacial score (nSPS) is 19.2. The Bertz CT molecular complexity index is 573. The Labute approximate surface area is 120 Å². The zero-order chi connectivity index (χ0) is 15.6. The molecule has 2 atom stereocenters. The van der Waals surface area contributed by atoms with E-state index in [0.717, 1.165) is 18.6 Å². The minimum Gasteiger partial charge on any atom is -0.392 e. The van der Waals surface area contributed by atoms with Crippen LogP contribution in [0, 0.1) is 21.8 Å². The third-order valence-corrected chi connectivity index (χ3v) is 3.63. The summed E-state index contributed by atoms with van der Waals surface area (Å²) in [5, 5.41) is 13.4. The molecule has 1 heterocycles. The molecule has 1 aromatic carbocycles. The quantitative estimate of drug-likeness (QED) is 0.497. The predicted octanol–water partition coefficient (Wildman–Crippen LogP) is 1.47. The van der Waals surface area contributed by atoms with Gasteiger partial charge in [-0.3, -0.25) is 14.9 Å². The van der Waals surface area contributed by atoms with Crippen LogP contribution in [0.15, 0.2) is 12.1 Å². The van der Waals surface area contributed by atoms with E-state index >= 15 is 0 Å². The lowest BCUT2D eigenvalue weighted by Gasteiger charge is -2.19. The highest BCUT2D eigenvalue weighted by molar-refractivity contribution is 6.01. The van der Waals surface area contributed by atoms with E-state index in [1.807, 2.05) is 0 Å². The Kier molecular flexibility index (Phi) is 4.37. The van der Waals surface area contributed by atoms with Crippen LogP contribution < -0.4 is 11.1 Å². The number of carbonyl (C=O) groups is 1. The van der Waals surface area contributed by atoms with Crippen molar-refractivity contribution in [2.45, 2.75) is 19.4 Å². The number of amides is 1. The zero-order valence-corrected chi connectivity index (χ0v) is 11.5. The largest absolute Gasteiger partial charge is 0.392 e. The first-order valence-corrected chi connectivity index (χ1v) is 6.52. The predicted molar refractivity (Wildman–Crippen MR) is 73.3 cm³/mol. The number of anilines is 1. The van der Waals surface area contributed by atoms with Gasteiger partial charge in [0.15, 0.2) is 0 Å². The van der Waals surface area contributed by atoms with Gasteiger partial charge >= 0.3 is 0 Å². The molecule has 21 heavy (non-hydrogen) atoms. The minimum atomic E-state index is -0.884. The molecule has 0 spiro atoms. The van der Waals surface area contributed by atoms with E-state index in [0.29, 0.717) is 13.2 Å². The molecule has 1 fully saturated rings. The smallest absolute Gasteiger partial charge is 0.293 e. The number of hydrogen-bond acceptors (Lipinski definition) is 5. The van der Waals surface area contributed by atoms with Crippen molar-refractivity contribution < 1.29 is 18.8 Å². The van der Waals surface area contributed by atoms with Crippen LogP contribution >= 0.6 is 0 Å². The lowest BCUT2D eigenvalue weighted by Crippen LogP contribution is -2.39. The molecule has 0 aliphatic carbocycles. The Morgan fingerprint density at radius 1 is 1.62 bits per heavy atom. The number of rotatable bonds is 4. The average molecular weight is 297 g/mol. The van der Waals surface area contributed by atoms with Crippen LogP contribution in [0.4, 0.5) is 15.8 Å². The summed E-state index contributed by atoms with van der Waals surface area (Å²) in [6.07, 6.45) is 0.800. The number of ether oxygens (including phenoxy) is 1.